The summed E-state index contributed by atoms with van der Waals surface area (Å²) < 4.78 is 1.98. The van der Waals surface area contributed by atoms with Gasteiger partial charge in [-0.1, -0.05) is 12.8 Å². The molecule has 0 aromatic carbocycles. The molecule has 3 rings (SSSR count). The Morgan fingerprint density at radius 3 is 2.79 bits per heavy atom. The molecular formula is C15H20N4. The fraction of sp³-hybridized carbons (Fsp3) is 0.467. The van der Waals surface area contributed by atoms with Crippen molar-refractivity contribution in [3.63, 3.8) is 0 Å². The molecule has 0 aliphatic heterocycles. The summed E-state index contributed by atoms with van der Waals surface area (Å²) in [5.74, 6) is 2.81. The molecule has 1 fully saturated rings. The lowest BCUT2D eigenvalue weighted by atomic mass is 10.1. The number of aromatic nitrogens is 3. The second kappa shape index (κ2) is 5.03. The lowest BCUT2D eigenvalue weighted by molar-refractivity contribution is 0.642. The van der Waals surface area contributed by atoms with Crippen molar-refractivity contribution in [2.24, 2.45) is 5.92 Å². The van der Waals surface area contributed by atoms with Crippen LogP contribution in [0.2, 0.25) is 0 Å². The lowest BCUT2D eigenvalue weighted by Crippen LogP contribution is -2.15. The van der Waals surface area contributed by atoms with Gasteiger partial charge in [0.25, 0.3) is 0 Å². The predicted octanol–water partition coefficient (Wildman–Crippen LogP) is 3.18. The molecule has 0 radical (unpaired) electrons. The highest BCUT2D eigenvalue weighted by Gasteiger charge is 2.23. The second-order valence-corrected chi connectivity index (χ2v) is 5.47. The molecule has 2 heterocycles. The third-order valence-electron chi connectivity index (χ3n) is 3.62. The van der Waals surface area contributed by atoms with E-state index in [1.807, 2.05) is 30.0 Å². The molecular weight excluding hydrogens is 236 g/mol. The molecule has 2 aromatic heterocycles. The first-order valence-electron chi connectivity index (χ1n) is 6.95. The third-order valence-corrected chi connectivity index (χ3v) is 3.62. The van der Waals surface area contributed by atoms with E-state index in [2.05, 4.69) is 28.3 Å². The summed E-state index contributed by atoms with van der Waals surface area (Å²) in [5.41, 5.74) is 1.09. The van der Waals surface area contributed by atoms with Gasteiger partial charge in [-0.25, -0.2) is 9.97 Å². The van der Waals surface area contributed by atoms with Crippen molar-refractivity contribution >= 4 is 5.69 Å². The lowest BCUT2D eigenvalue weighted by Gasteiger charge is -2.14. The van der Waals surface area contributed by atoms with Crippen LogP contribution in [0.4, 0.5) is 5.69 Å². The maximum Gasteiger partial charge on any atom is 0.138 e. The van der Waals surface area contributed by atoms with E-state index < -0.39 is 0 Å². The fourth-order valence-electron chi connectivity index (χ4n) is 2.43. The van der Waals surface area contributed by atoms with E-state index in [-0.39, 0.29) is 0 Å². The van der Waals surface area contributed by atoms with Crippen LogP contribution in [0.25, 0.3) is 5.82 Å². The van der Waals surface area contributed by atoms with E-state index in [0.717, 1.165) is 23.2 Å². The van der Waals surface area contributed by atoms with Crippen molar-refractivity contribution in [1.29, 1.82) is 0 Å². The Morgan fingerprint density at radius 1 is 1.37 bits per heavy atom. The maximum absolute atomic E-state index is 4.49. The molecule has 1 saturated carbocycles. The molecule has 1 aliphatic rings. The highest BCUT2D eigenvalue weighted by molar-refractivity contribution is 5.44. The Bertz CT molecular complexity index is 540. The molecule has 1 atom stereocenters. The van der Waals surface area contributed by atoms with Gasteiger partial charge in [0, 0.05) is 18.4 Å². The number of imidazole rings is 1. The minimum absolute atomic E-state index is 0.523. The van der Waals surface area contributed by atoms with Crippen molar-refractivity contribution in [3.05, 3.63) is 36.5 Å². The number of anilines is 1. The van der Waals surface area contributed by atoms with Gasteiger partial charge < -0.3 is 5.32 Å². The van der Waals surface area contributed by atoms with Gasteiger partial charge in [-0.05, 0) is 38.3 Å². The van der Waals surface area contributed by atoms with Gasteiger partial charge in [0.2, 0.25) is 0 Å². The van der Waals surface area contributed by atoms with Crippen LogP contribution in [-0.4, -0.2) is 20.6 Å². The Morgan fingerprint density at radius 2 is 2.21 bits per heavy atom. The summed E-state index contributed by atoms with van der Waals surface area (Å²) in [6.07, 6.45) is 9.70. The molecule has 0 bridgehead atoms. The molecule has 2 aromatic rings. The number of nitrogens with zero attached hydrogens (tertiary/aromatic N) is 3. The van der Waals surface area contributed by atoms with Crippen LogP contribution in [0, 0.1) is 12.8 Å². The topological polar surface area (TPSA) is 42.7 Å². The van der Waals surface area contributed by atoms with Gasteiger partial charge in [0.05, 0.1) is 11.9 Å². The molecule has 1 N–H and O–H groups in total. The first-order chi connectivity index (χ1) is 9.22. The Labute approximate surface area is 113 Å². The predicted molar refractivity (Wildman–Crippen MR) is 76.5 cm³/mol. The largest absolute Gasteiger partial charge is 0.381 e. The van der Waals surface area contributed by atoms with Gasteiger partial charge in [0.1, 0.15) is 11.6 Å². The van der Waals surface area contributed by atoms with E-state index >= 15 is 0 Å². The van der Waals surface area contributed by atoms with E-state index in [0.29, 0.717) is 6.04 Å². The quantitative estimate of drug-likeness (QED) is 0.893. The molecule has 1 unspecified atom stereocenters. The summed E-state index contributed by atoms with van der Waals surface area (Å²) >= 11 is 0. The molecule has 19 heavy (non-hydrogen) atoms. The van der Waals surface area contributed by atoms with E-state index in [1.165, 1.54) is 19.3 Å². The Hall–Kier alpha value is -1.84. The molecule has 0 amide bonds. The number of hydrogen-bond donors (Lipinski definition) is 1. The van der Waals surface area contributed by atoms with Gasteiger partial charge in [-0.2, -0.15) is 0 Å². The van der Waals surface area contributed by atoms with Crippen molar-refractivity contribution in [2.75, 3.05) is 5.32 Å². The first kappa shape index (κ1) is 12.2. The van der Waals surface area contributed by atoms with Crippen LogP contribution in [0.5, 0.6) is 0 Å². The molecule has 1 aliphatic carbocycles. The van der Waals surface area contributed by atoms with Crippen molar-refractivity contribution in [1.82, 2.24) is 14.5 Å². The van der Waals surface area contributed by atoms with Crippen molar-refractivity contribution < 1.29 is 0 Å². The summed E-state index contributed by atoms with van der Waals surface area (Å²) in [4.78, 5) is 8.70. The zero-order valence-corrected chi connectivity index (χ0v) is 11.5. The standard InChI is InChI=1S/C15H20N4/c1-11(9-13-3-4-13)18-14-5-6-15(17-10-14)19-8-7-16-12(19)2/h5-8,10-11,13,18H,3-4,9H2,1-2H3. The van der Waals surface area contributed by atoms with Gasteiger partial charge in [-0.15, -0.1) is 0 Å². The minimum Gasteiger partial charge on any atom is -0.381 e. The van der Waals surface area contributed by atoms with Crippen molar-refractivity contribution in [3.8, 4) is 5.82 Å². The third kappa shape index (κ3) is 2.95. The van der Waals surface area contributed by atoms with Crippen LogP contribution in [0.1, 0.15) is 32.0 Å². The average molecular weight is 256 g/mol. The monoisotopic (exact) mass is 256 g/mol. The number of hydrogen-bond acceptors (Lipinski definition) is 3. The summed E-state index contributed by atoms with van der Waals surface area (Å²) in [6, 6.07) is 4.64. The molecule has 4 nitrogen and oxygen atoms in total. The van der Waals surface area contributed by atoms with Crippen LogP contribution >= 0.6 is 0 Å². The van der Waals surface area contributed by atoms with Gasteiger partial charge in [0.15, 0.2) is 0 Å². The normalized spacial score (nSPS) is 16.3. The van der Waals surface area contributed by atoms with Crippen LogP contribution < -0.4 is 5.32 Å². The van der Waals surface area contributed by atoms with Gasteiger partial charge >= 0.3 is 0 Å². The minimum atomic E-state index is 0.523. The fourth-order valence-corrected chi connectivity index (χ4v) is 2.43. The van der Waals surface area contributed by atoms with Gasteiger partial charge in [-0.3, -0.25) is 4.57 Å². The highest BCUT2D eigenvalue weighted by atomic mass is 15.1. The number of nitrogens with one attached hydrogen (secondary N) is 1. The zero-order valence-electron chi connectivity index (χ0n) is 11.5. The first-order valence-corrected chi connectivity index (χ1v) is 6.95. The van der Waals surface area contributed by atoms with E-state index in [9.17, 15) is 0 Å². The maximum atomic E-state index is 4.49. The SMILES string of the molecule is Cc1nccn1-c1ccc(NC(C)CC2CC2)cn1. The zero-order chi connectivity index (χ0) is 13.2. The van der Waals surface area contributed by atoms with Crippen LogP contribution in [0.15, 0.2) is 30.7 Å². The van der Waals surface area contributed by atoms with E-state index in [4.69, 9.17) is 0 Å². The molecule has 0 saturated heterocycles. The molecule has 0 spiro atoms. The Kier molecular flexibility index (Phi) is 3.23. The number of pyridine rings is 1. The highest BCUT2D eigenvalue weighted by Crippen LogP contribution is 2.34. The van der Waals surface area contributed by atoms with E-state index in [1.54, 1.807) is 6.20 Å². The van der Waals surface area contributed by atoms with Crippen molar-refractivity contribution in [2.45, 2.75) is 39.2 Å². The summed E-state index contributed by atoms with van der Waals surface area (Å²) in [5, 5.41) is 3.51. The summed E-state index contributed by atoms with van der Waals surface area (Å²) in [7, 11) is 0. The summed E-state index contributed by atoms with van der Waals surface area (Å²) in [6.45, 7) is 4.22. The molecule has 100 valence electrons. The smallest absolute Gasteiger partial charge is 0.138 e. The Balaban J connectivity index is 1.66. The number of aryl methyl sites for hydroxylation is 1. The molecule has 4 heteroatoms. The van der Waals surface area contributed by atoms with Crippen LogP contribution in [0.3, 0.4) is 0 Å². The second-order valence-electron chi connectivity index (χ2n) is 5.47. The van der Waals surface area contributed by atoms with Crippen LogP contribution in [-0.2, 0) is 0 Å². The average Bonchev–Trinajstić information content (AvgIpc) is 3.10. The number of rotatable bonds is 5.